The topological polar surface area (TPSA) is 55.2 Å². The zero-order chi connectivity index (χ0) is 18.4. The number of thiophene rings is 1. The van der Waals surface area contributed by atoms with Crippen LogP contribution in [0.25, 0.3) is 10.2 Å². The minimum absolute atomic E-state index is 0.0491. The third-order valence-corrected chi connectivity index (χ3v) is 6.68. The Morgan fingerprint density at radius 2 is 2.12 bits per heavy atom. The molecule has 1 aliphatic heterocycles. The van der Waals surface area contributed by atoms with E-state index in [2.05, 4.69) is 18.0 Å². The number of carbonyl (C=O) groups excluding carboxylic acids is 1. The monoisotopic (exact) mass is 385 g/mol. The fourth-order valence-corrected chi connectivity index (χ4v) is 5.12. The van der Waals surface area contributed by atoms with E-state index in [1.165, 1.54) is 33.2 Å². The van der Waals surface area contributed by atoms with E-state index in [1.807, 2.05) is 35.4 Å². The Hall–Kier alpha value is -2.12. The van der Waals surface area contributed by atoms with Gasteiger partial charge in [0.05, 0.1) is 10.6 Å². The Morgan fingerprint density at radius 1 is 1.35 bits per heavy atom. The molecule has 0 aliphatic carbocycles. The van der Waals surface area contributed by atoms with Crippen molar-refractivity contribution in [1.29, 1.82) is 0 Å². The van der Waals surface area contributed by atoms with Crippen molar-refractivity contribution in [3.63, 3.8) is 0 Å². The molecule has 134 valence electrons. The summed E-state index contributed by atoms with van der Waals surface area (Å²) in [6, 6.07) is 9.98. The van der Waals surface area contributed by atoms with Gasteiger partial charge in [0.1, 0.15) is 4.83 Å². The van der Waals surface area contributed by atoms with Crippen LogP contribution in [0.15, 0.2) is 45.7 Å². The summed E-state index contributed by atoms with van der Waals surface area (Å²) in [6.45, 7) is 3.95. The largest absolute Gasteiger partial charge is 0.308 e. The maximum atomic E-state index is 13.1. The summed E-state index contributed by atoms with van der Waals surface area (Å²) < 4.78 is 1.53. The summed E-state index contributed by atoms with van der Waals surface area (Å²) in [7, 11) is 1.71. The summed E-state index contributed by atoms with van der Waals surface area (Å²) in [5.41, 5.74) is 2.13. The molecule has 0 saturated carbocycles. The van der Waals surface area contributed by atoms with Crippen LogP contribution in [0.3, 0.4) is 0 Å². The average molecular weight is 386 g/mol. The molecular weight excluding hydrogens is 366 g/mol. The minimum Gasteiger partial charge on any atom is -0.308 e. The highest BCUT2D eigenvalue weighted by Crippen LogP contribution is 2.34. The van der Waals surface area contributed by atoms with E-state index >= 15 is 0 Å². The Balaban J connectivity index is 1.63. The van der Waals surface area contributed by atoms with Gasteiger partial charge in [0.15, 0.2) is 5.16 Å². The van der Waals surface area contributed by atoms with Crippen molar-refractivity contribution in [2.75, 3.05) is 4.90 Å². The first-order valence-electron chi connectivity index (χ1n) is 8.49. The van der Waals surface area contributed by atoms with E-state index in [-0.39, 0.29) is 22.8 Å². The first-order valence-corrected chi connectivity index (χ1v) is 10.2. The number of fused-ring (bicyclic) bond motifs is 2. The van der Waals surface area contributed by atoms with Crippen LogP contribution in [0, 0.1) is 0 Å². The second-order valence-electron chi connectivity index (χ2n) is 6.55. The van der Waals surface area contributed by atoms with Gasteiger partial charge in [-0.15, -0.1) is 11.3 Å². The van der Waals surface area contributed by atoms with Crippen molar-refractivity contribution in [1.82, 2.24) is 9.55 Å². The van der Waals surface area contributed by atoms with Crippen LogP contribution in [0.1, 0.15) is 19.4 Å². The Bertz CT molecular complexity index is 1060. The summed E-state index contributed by atoms with van der Waals surface area (Å²) in [5.74, 6) is 0.0491. The van der Waals surface area contributed by atoms with Gasteiger partial charge in [0, 0.05) is 18.8 Å². The predicted octanol–water partition coefficient (Wildman–Crippen LogP) is 3.45. The fraction of sp³-hybridized carbons (Fsp3) is 0.316. The van der Waals surface area contributed by atoms with E-state index in [0.29, 0.717) is 10.5 Å². The quantitative estimate of drug-likeness (QED) is 0.512. The molecule has 2 unspecified atom stereocenters. The molecule has 1 aromatic carbocycles. The SMILES string of the molecule is CC(Sc1nc2sccc2c(=O)n1C)C(=O)N1c2ccccc2CC1C. The third kappa shape index (κ3) is 2.75. The van der Waals surface area contributed by atoms with Crippen LogP contribution in [0.4, 0.5) is 5.69 Å². The van der Waals surface area contributed by atoms with E-state index in [9.17, 15) is 9.59 Å². The molecule has 0 fully saturated rings. The minimum atomic E-state index is -0.334. The first kappa shape index (κ1) is 17.3. The Labute approximate surface area is 159 Å². The second-order valence-corrected chi connectivity index (χ2v) is 8.75. The van der Waals surface area contributed by atoms with Gasteiger partial charge in [-0.25, -0.2) is 4.98 Å². The van der Waals surface area contributed by atoms with Crippen molar-refractivity contribution in [2.24, 2.45) is 7.05 Å². The highest BCUT2D eigenvalue weighted by molar-refractivity contribution is 8.00. The lowest BCUT2D eigenvalue weighted by Gasteiger charge is -2.25. The normalized spacial score (nSPS) is 17.5. The molecule has 2 aromatic heterocycles. The van der Waals surface area contributed by atoms with Gasteiger partial charge < -0.3 is 4.90 Å². The standard InChI is InChI=1S/C19H19N3O2S2/c1-11-10-13-6-4-5-7-15(13)22(11)17(23)12(2)26-19-20-16-14(8-9-25-16)18(24)21(19)3/h4-9,11-12H,10H2,1-3H3. The number of hydrogen-bond donors (Lipinski definition) is 0. The molecule has 0 N–H and O–H groups in total. The molecule has 7 heteroatoms. The zero-order valence-electron chi connectivity index (χ0n) is 14.8. The maximum absolute atomic E-state index is 13.1. The van der Waals surface area contributed by atoms with Crippen molar-refractivity contribution in [3.8, 4) is 0 Å². The smallest absolute Gasteiger partial charge is 0.262 e. The van der Waals surface area contributed by atoms with Gasteiger partial charge in [-0.2, -0.15) is 0 Å². The molecule has 26 heavy (non-hydrogen) atoms. The lowest BCUT2D eigenvalue weighted by atomic mass is 10.1. The lowest BCUT2D eigenvalue weighted by molar-refractivity contribution is -0.118. The number of thioether (sulfide) groups is 1. The van der Waals surface area contributed by atoms with E-state index in [1.54, 1.807) is 13.1 Å². The molecule has 5 nitrogen and oxygen atoms in total. The van der Waals surface area contributed by atoms with Crippen LogP contribution in [0.2, 0.25) is 0 Å². The Morgan fingerprint density at radius 3 is 2.92 bits per heavy atom. The van der Waals surface area contributed by atoms with Gasteiger partial charge in [-0.3, -0.25) is 14.2 Å². The second kappa shape index (κ2) is 6.55. The van der Waals surface area contributed by atoms with Crippen LogP contribution in [0.5, 0.6) is 0 Å². The highest BCUT2D eigenvalue weighted by atomic mass is 32.2. The number of carbonyl (C=O) groups is 1. The van der Waals surface area contributed by atoms with Gasteiger partial charge in [-0.05, 0) is 43.3 Å². The van der Waals surface area contributed by atoms with Gasteiger partial charge in [0.2, 0.25) is 5.91 Å². The molecule has 0 spiro atoms. The average Bonchev–Trinajstić information content (AvgIpc) is 3.22. The van der Waals surface area contributed by atoms with Crippen molar-refractivity contribution in [2.45, 2.75) is 36.7 Å². The number of nitrogens with zero attached hydrogens (tertiary/aromatic N) is 3. The van der Waals surface area contributed by atoms with E-state index < -0.39 is 0 Å². The van der Waals surface area contributed by atoms with Crippen molar-refractivity contribution >= 4 is 44.9 Å². The lowest BCUT2D eigenvalue weighted by Crippen LogP contribution is -2.40. The zero-order valence-corrected chi connectivity index (χ0v) is 16.4. The van der Waals surface area contributed by atoms with Crippen LogP contribution < -0.4 is 10.5 Å². The van der Waals surface area contributed by atoms with Crippen molar-refractivity contribution in [3.05, 3.63) is 51.6 Å². The van der Waals surface area contributed by atoms with Gasteiger partial charge in [-0.1, -0.05) is 30.0 Å². The highest BCUT2D eigenvalue weighted by Gasteiger charge is 2.33. The molecule has 0 radical (unpaired) electrons. The van der Waals surface area contributed by atoms with Crippen LogP contribution in [-0.4, -0.2) is 26.8 Å². The molecular formula is C19H19N3O2S2. The number of benzene rings is 1. The van der Waals surface area contributed by atoms with E-state index in [0.717, 1.165) is 16.9 Å². The first-order chi connectivity index (χ1) is 12.5. The summed E-state index contributed by atoms with van der Waals surface area (Å²) in [5, 5.41) is 2.73. The van der Waals surface area contributed by atoms with Gasteiger partial charge >= 0.3 is 0 Å². The molecule has 2 atom stereocenters. The van der Waals surface area contributed by atoms with Crippen LogP contribution >= 0.6 is 23.1 Å². The number of rotatable bonds is 3. The number of hydrogen-bond acceptors (Lipinski definition) is 5. The fourth-order valence-electron chi connectivity index (χ4n) is 3.39. The number of amides is 1. The van der Waals surface area contributed by atoms with E-state index in [4.69, 9.17) is 0 Å². The summed E-state index contributed by atoms with van der Waals surface area (Å²) in [4.78, 5) is 32.8. The summed E-state index contributed by atoms with van der Waals surface area (Å²) >= 11 is 2.78. The molecule has 3 heterocycles. The predicted molar refractivity (Wildman–Crippen MR) is 107 cm³/mol. The molecule has 1 aliphatic rings. The number of aromatic nitrogens is 2. The Kier molecular flexibility index (Phi) is 4.36. The maximum Gasteiger partial charge on any atom is 0.262 e. The molecule has 0 saturated heterocycles. The molecule has 0 bridgehead atoms. The molecule has 3 aromatic rings. The number of para-hydroxylation sites is 1. The number of anilines is 1. The van der Waals surface area contributed by atoms with Crippen molar-refractivity contribution < 1.29 is 4.79 Å². The van der Waals surface area contributed by atoms with Crippen LogP contribution in [-0.2, 0) is 18.3 Å². The summed E-state index contributed by atoms with van der Waals surface area (Å²) in [6.07, 6.45) is 0.872. The van der Waals surface area contributed by atoms with Gasteiger partial charge in [0.25, 0.3) is 5.56 Å². The molecule has 1 amide bonds. The molecule has 4 rings (SSSR count). The third-order valence-electron chi connectivity index (χ3n) is 4.74.